The average molecular weight is 488 g/mol. The van der Waals surface area contributed by atoms with Crippen molar-refractivity contribution < 1.29 is 18.0 Å². The molecule has 0 heterocycles. The first-order valence-electron chi connectivity index (χ1n) is 11.6. The fraction of sp³-hybridized carbons (Fsp3) is 0.462. The number of hydrogen-bond donors (Lipinski definition) is 1. The predicted molar refractivity (Wildman–Crippen MR) is 137 cm³/mol. The van der Waals surface area contributed by atoms with Crippen LogP contribution in [0.3, 0.4) is 0 Å². The highest BCUT2D eigenvalue weighted by Crippen LogP contribution is 2.20. The summed E-state index contributed by atoms with van der Waals surface area (Å²) in [5, 5.41) is 2.88. The van der Waals surface area contributed by atoms with E-state index in [1.165, 1.54) is 4.90 Å². The summed E-state index contributed by atoms with van der Waals surface area (Å²) in [7, 11) is -3.73. The molecule has 2 amide bonds. The van der Waals surface area contributed by atoms with E-state index in [-0.39, 0.29) is 18.4 Å². The van der Waals surface area contributed by atoms with Gasteiger partial charge in [-0.1, -0.05) is 62.7 Å². The SMILES string of the molecule is CCc1ccc(N(CC(=O)N(Cc2cccc(C)c2)[C@H](C)C(=O)NCC(C)C)S(C)(=O)=O)cc1. The number of amides is 2. The van der Waals surface area contributed by atoms with Crippen molar-refractivity contribution in [3.8, 4) is 0 Å². The highest BCUT2D eigenvalue weighted by molar-refractivity contribution is 7.92. The molecule has 34 heavy (non-hydrogen) atoms. The van der Waals surface area contributed by atoms with E-state index in [1.54, 1.807) is 19.1 Å². The molecule has 1 N–H and O–H groups in total. The summed E-state index contributed by atoms with van der Waals surface area (Å²) in [5.74, 6) is -0.449. The van der Waals surface area contributed by atoms with Crippen LogP contribution in [0.15, 0.2) is 48.5 Å². The van der Waals surface area contributed by atoms with E-state index in [0.717, 1.165) is 33.7 Å². The molecule has 0 spiro atoms. The van der Waals surface area contributed by atoms with Gasteiger partial charge < -0.3 is 10.2 Å². The third kappa shape index (κ3) is 7.87. The zero-order valence-corrected chi connectivity index (χ0v) is 21.9. The Balaban J connectivity index is 2.35. The van der Waals surface area contributed by atoms with Crippen LogP contribution in [0.25, 0.3) is 0 Å². The monoisotopic (exact) mass is 487 g/mol. The standard InChI is InChI=1S/C26H37N3O4S/c1-7-22-11-13-24(14-12-22)29(34(6,32)33)18-25(30)28(17-23-10-8-9-20(4)15-23)21(5)26(31)27-16-19(2)3/h8-15,19,21H,7,16-18H2,1-6H3,(H,27,31)/t21-/m1/s1. The Bertz CT molecular complexity index is 1080. The van der Waals surface area contributed by atoms with Crippen LogP contribution in [0, 0.1) is 12.8 Å². The summed E-state index contributed by atoms with van der Waals surface area (Å²) in [6, 6.07) is 14.0. The lowest BCUT2D eigenvalue weighted by Crippen LogP contribution is -2.51. The molecule has 1 atom stereocenters. The summed E-state index contributed by atoms with van der Waals surface area (Å²) >= 11 is 0. The van der Waals surface area contributed by atoms with Crippen LogP contribution in [-0.2, 0) is 32.6 Å². The quantitative estimate of drug-likeness (QED) is 0.525. The van der Waals surface area contributed by atoms with Crippen LogP contribution >= 0.6 is 0 Å². The number of hydrogen-bond acceptors (Lipinski definition) is 4. The molecule has 2 aromatic rings. The molecule has 0 aliphatic heterocycles. The number of rotatable bonds is 11. The fourth-order valence-electron chi connectivity index (χ4n) is 3.55. The van der Waals surface area contributed by atoms with E-state index in [0.29, 0.717) is 12.2 Å². The summed E-state index contributed by atoms with van der Waals surface area (Å²) < 4.78 is 26.3. The third-order valence-corrected chi connectivity index (χ3v) is 6.74. The maximum Gasteiger partial charge on any atom is 0.244 e. The number of sulfonamides is 1. The molecule has 186 valence electrons. The molecular weight excluding hydrogens is 450 g/mol. The molecule has 2 rings (SSSR count). The highest BCUT2D eigenvalue weighted by Gasteiger charge is 2.30. The van der Waals surface area contributed by atoms with Crippen molar-refractivity contribution in [2.45, 2.75) is 53.6 Å². The Morgan fingerprint density at radius 1 is 1.00 bits per heavy atom. The van der Waals surface area contributed by atoms with Gasteiger partial charge in [-0.05, 0) is 49.4 Å². The maximum absolute atomic E-state index is 13.5. The zero-order valence-electron chi connectivity index (χ0n) is 21.0. The first-order chi connectivity index (χ1) is 15.9. The normalized spacial score (nSPS) is 12.3. The topological polar surface area (TPSA) is 86.8 Å². The molecule has 0 aliphatic rings. The molecule has 0 radical (unpaired) electrons. The number of benzene rings is 2. The van der Waals surface area contributed by atoms with Crippen LogP contribution in [0.4, 0.5) is 5.69 Å². The number of carbonyl (C=O) groups excluding carboxylic acids is 2. The molecule has 0 bridgehead atoms. The second-order valence-corrected chi connectivity index (χ2v) is 11.0. The van der Waals surface area contributed by atoms with Gasteiger partial charge in [0.05, 0.1) is 11.9 Å². The van der Waals surface area contributed by atoms with Gasteiger partial charge in [0.1, 0.15) is 12.6 Å². The molecule has 0 aromatic heterocycles. The molecule has 0 saturated heterocycles. The van der Waals surface area contributed by atoms with Gasteiger partial charge in [0.2, 0.25) is 21.8 Å². The number of anilines is 1. The minimum absolute atomic E-state index is 0.198. The molecule has 0 fully saturated rings. The first kappa shape index (κ1) is 27.4. The van der Waals surface area contributed by atoms with E-state index < -0.39 is 28.5 Å². The number of carbonyl (C=O) groups is 2. The van der Waals surface area contributed by atoms with Crippen molar-refractivity contribution in [1.82, 2.24) is 10.2 Å². The molecule has 0 saturated carbocycles. The van der Waals surface area contributed by atoms with Crippen molar-refractivity contribution in [2.75, 3.05) is 23.7 Å². The number of aryl methyl sites for hydroxylation is 2. The van der Waals surface area contributed by atoms with Gasteiger partial charge in [0.15, 0.2) is 0 Å². The van der Waals surface area contributed by atoms with E-state index >= 15 is 0 Å². The van der Waals surface area contributed by atoms with Crippen molar-refractivity contribution >= 4 is 27.5 Å². The van der Waals surface area contributed by atoms with Gasteiger partial charge in [-0.15, -0.1) is 0 Å². The van der Waals surface area contributed by atoms with Crippen LogP contribution in [0.1, 0.15) is 44.4 Å². The molecule has 7 nitrogen and oxygen atoms in total. The van der Waals surface area contributed by atoms with E-state index in [2.05, 4.69) is 5.32 Å². The summed E-state index contributed by atoms with van der Waals surface area (Å²) in [5.41, 5.74) is 3.39. The minimum atomic E-state index is -3.73. The van der Waals surface area contributed by atoms with E-state index in [4.69, 9.17) is 0 Å². The van der Waals surface area contributed by atoms with Crippen LogP contribution in [0.2, 0.25) is 0 Å². The lowest BCUT2D eigenvalue weighted by molar-refractivity contribution is -0.139. The third-order valence-electron chi connectivity index (χ3n) is 5.60. The van der Waals surface area contributed by atoms with Gasteiger partial charge in [0.25, 0.3) is 0 Å². The molecule has 8 heteroatoms. The second kappa shape index (κ2) is 12.0. The fourth-order valence-corrected chi connectivity index (χ4v) is 4.40. The van der Waals surface area contributed by atoms with Gasteiger partial charge >= 0.3 is 0 Å². The Hall–Kier alpha value is -2.87. The summed E-state index contributed by atoms with van der Waals surface area (Å²) in [6.45, 7) is 9.94. The average Bonchev–Trinajstić information content (AvgIpc) is 2.78. The summed E-state index contributed by atoms with van der Waals surface area (Å²) in [4.78, 5) is 27.8. The Kier molecular flexibility index (Phi) is 9.67. The van der Waals surface area contributed by atoms with Crippen molar-refractivity contribution in [3.63, 3.8) is 0 Å². The first-order valence-corrected chi connectivity index (χ1v) is 13.5. The highest BCUT2D eigenvalue weighted by atomic mass is 32.2. The van der Waals surface area contributed by atoms with E-state index in [9.17, 15) is 18.0 Å². The zero-order chi connectivity index (χ0) is 25.5. The Morgan fingerprint density at radius 2 is 1.65 bits per heavy atom. The van der Waals surface area contributed by atoms with Crippen LogP contribution in [0.5, 0.6) is 0 Å². The van der Waals surface area contributed by atoms with Gasteiger partial charge in [-0.3, -0.25) is 13.9 Å². The Labute approximate surface area is 204 Å². The second-order valence-electron chi connectivity index (χ2n) is 9.12. The molecule has 2 aromatic carbocycles. The molecular formula is C26H37N3O4S. The van der Waals surface area contributed by atoms with Gasteiger partial charge in [0, 0.05) is 13.1 Å². The van der Waals surface area contributed by atoms with Crippen LogP contribution in [-0.4, -0.2) is 50.5 Å². The Morgan fingerprint density at radius 3 is 2.18 bits per heavy atom. The number of nitrogens with one attached hydrogen (secondary N) is 1. The molecule has 0 aliphatic carbocycles. The largest absolute Gasteiger partial charge is 0.354 e. The number of nitrogens with zero attached hydrogens (tertiary/aromatic N) is 2. The lowest BCUT2D eigenvalue weighted by Gasteiger charge is -2.31. The lowest BCUT2D eigenvalue weighted by atomic mass is 10.1. The molecule has 0 unspecified atom stereocenters. The maximum atomic E-state index is 13.5. The summed E-state index contributed by atoms with van der Waals surface area (Å²) in [6.07, 6.45) is 1.91. The smallest absolute Gasteiger partial charge is 0.244 e. The van der Waals surface area contributed by atoms with Crippen molar-refractivity contribution in [1.29, 1.82) is 0 Å². The van der Waals surface area contributed by atoms with Gasteiger partial charge in [-0.25, -0.2) is 8.42 Å². The predicted octanol–water partition coefficient (Wildman–Crippen LogP) is 3.51. The minimum Gasteiger partial charge on any atom is -0.354 e. The van der Waals surface area contributed by atoms with Crippen LogP contribution < -0.4 is 9.62 Å². The van der Waals surface area contributed by atoms with Gasteiger partial charge in [-0.2, -0.15) is 0 Å². The van der Waals surface area contributed by atoms with Crippen molar-refractivity contribution in [2.24, 2.45) is 5.92 Å². The van der Waals surface area contributed by atoms with E-state index in [1.807, 2.05) is 64.1 Å². The van der Waals surface area contributed by atoms with Crippen molar-refractivity contribution in [3.05, 3.63) is 65.2 Å².